The first kappa shape index (κ1) is 11.4. The van der Waals surface area contributed by atoms with Gasteiger partial charge in [-0.15, -0.1) is 0 Å². The summed E-state index contributed by atoms with van der Waals surface area (Å²) in [6.45, 7) is 0.743. The molecule has 0 aliphatic heterocycles. The lowest BCUT2D eigenvalue weighted by molar-refractivity contribution is 0.630. The van der Waals surface area contributed by atoms with Gasteiger partial charge in [-0.25, -0.2) is 9.37 Å². The summed E-state index contributed by atoms with van der Waals surface area (Å²) in [5.74, 6) is 0.968. The van der Waals surface area contributed by atoms with Crippen LogP contribution in [-0.2, 0) is 6.54 Å². The van der Waals surface area contributed by atoms with Crippen molar-refractivity contribution >= 4 is 0 Å². The van der Waals surface area contributed by atoms with E-state index >= 15 is 0 Å². The number of nitrogens with one attached hydrogen (secondary N) is 2. The van der Waals surface area contributed by atoms with Gasteiger partial charge in [0, 0.05) is 12.5 Å². The Morgan fingerprint density at radius 1 is 1.39 bits per heavy atom. The number of hydrogen-bond acceptors (Lipinski definition) is 2. The smallest absolute Gasteiger partial charge is 0.140 e. The van der Waals surface area contributed by atoms with Crippen molar-refractivity contribution in [2.45, 2.75) is 25.3 Å². The number of halogens is 1. The summed E-state index contributed by atoms with van der Waals surface area (Å²) >= 11 is 0. The molecule has 3 rings (SSSR count). The number of rotatable bonds is 4. The summed E-state index contributed by atoms with van der Waals surface area (Å²) in [6, 6.07) is 6.74. The number of nitrogens with zero attached hydrogens (tertiary/aromatic N) is 1. The lowest BCUT2D eigenvalue weighted by atomic mass is 10.2. The van der Waals surface area contributed by atoms with Crippen LogP contribution >= 0.6 is 0 Å². The quantitative estimate of drug-likeness (QED) is 0.869. The Morgan fingerprint density at radius 3 is 2.83 bits per heavy atom. The lowest BCUT2D eigenvalue weighted by Crippen LogP contribution is -2.07. The van der Waals surface area contributed by atoms with E-state index in [1.165, 1.54) is 18.9 Å². The molecule has 0 radical (unpaired) electrons. The highest BCUT2D eigenvalue weighted by Crippen LogP contribution is 2.41. The minimum Gasteiger partial charge on any atom is -0.340 e. The van der Waals surface area contributed by atoms with Crippen LogP contribution in [-0.4, -0.2) is 17.0 Å². The molecular formula is C14H16FN3. The van der Waals surface area contributed by atoms with Crippen LogP contribution in [0.15, 0.2) is 24.3 Å². The molecule has 1 aliphatic carbocycles. The Balaban J connectivity index is 2.02. The van der Waals surface area contributed by atoms with Gasteiger partial charge >= 0.3 is 0 Å². The minimum absolute atomic E-state index is 0.232. The Hall–Kier alpha value is -1.68. The van der Waals surface area contributed by atoms with Crippen molar-refractivity contribution in [1.82, 2.24) is 15.3 Å². The van der Waals surface area contributed by atoms with E-state index in [2.05, 4.69) is 15.3 Å². The van der Waals surface area contributed by atoms with Crippen LogP contribution < -0.4 is 5.32 Å². The van der Waals surface area contributed by atoms with Crippen LogP contribution in [0.2, 0.25) is 0 Å². The molecule has 0 atom stereocenters. The predicted molar refractivity (Wildman–Crippen MR) is 68.7 cm³/mol. The summed E-state index contributed by atoms with van der Waals surface area (Å²) in [7, 11) is 1.90. The van der Waals surface area contributed by atoms with Crippen LogP contribution in [0, 0.1) is 5.82 Å². The summed E-state index contributed by atoms with van der Waals surface area (Å²) < 4.78 is 13.7. The highest BCUT2D eigenvalue weighted by molar-refractivity contribution is 5.57. The lowest BCUT2D eigenvalue weighted by Gasteiger charge is -1.99. The zero-order valence-corrected chi connectivity index (χ0v) is 10.3. The molecule has 2 N–H and O–H groups in total. The number of hydrogen-bond donors (Lipinski definition) is 2. The third kappa shape index (κ3) is 2.04. The molecule has 1 aliphatic rings. The third-order valence-corrected chi connectivity index (χ3v) is 3.26. The van der Waals surface area contributed by atoms with Crippen molar-refractivity contribution in [1.29, 1.82) is 0 Å². The van der Waals surface area contributed by atoms with E-state index in [1.54, 1.807) is 12.1 Å². The second-order valence-electron chi connectivity index (χ2n) is 4.73. The fraction of sp³-hybridized carbons (Fsp3) is 0.357. The van der Waals surface area contributed by atoms with E-state index in [4.69, 9.17) is 0 Å². The SMILES string of the molecule is CNCc1[nH]c(-c2ccccc2F)nc1C1CC1. The van der Waals surface area contributed by atoms with Crippen LogP contribution in [0.25, 0.3) is 11.4 Å². The molecule has 18 heavy (non-hydrogen) atoms. The van der Waals surface area contributed by atoms with Gasteiger partial charge in [-0.2, -0.15) is 0 Å². The average molecular weight is 245 g/mol. The number of aromatic nitrogens is 2. The number of imidazole rings is 1. The first-order chi connectivity index (χ1) is 8.79. The van der Waals surface area contributed by atoms with Gasteiger partial charge in [-0.05, 0) is 32.0 Å². The first-order valence-electron chi connectivity index (χ1n) is 6.28. The molecular weight excluding hydrogens is 229 g/mol. The van der Waals surface area contributed by atoms with Crippen molar-refractivity contribution in [3.8, 4) is 11.4 Å². The molecule has 1 aromatic carbocycles. The number of aromatic amines is 1. The van der Waals surface area contributed by atoms with Gasteiger partial charge in [0.1, 0.15) is 11.6 Å². The van der Waals surface area contributed by atoms with Gasteiger partial charge in [-0.3, -0.25) is 0 Å². The third-order valence-electron chi connectivity index (χ3n) is 3.26. The van der Waals surface area contributed by atoms with Gasteiger partial charge in [0.15, 0.2) is 0 Å². The molecule has 2 aromatic rings. The molecule has 0 bridgehead atoms. The van der Waals surface area contributed by atoms with Gasteiger partial charge in [0.2, 0.25) is 0 Å². The van der Waals surface area contributed by atoms with E-state index in [1.807, 2.05) is 13.1 Å². The molecule has 0 spiro atoms. The van der Waals surface area contributed by atoms with Crippen LogP contribution in [0.4, 0.5) is 4.39 Å². The summed E-state index contributed by atoms with van der Waals surface area (Å²) in [6.07, 6.45) is 2.39. The number of benzene rings is 1. The van der Waals surface area contributed by atoms with E-state index in [0.717, 1.165) is 17.9 Å². The topological polar surface area (TPSA) is 40.7 Å². The Kier molecular flexibility index (Phi) is 2.88. The molecule has 0 saturated heterocycles. The monoisotopic (exact) mass is 245 g/mol. The summed E-state index contributed by atoms with van der Waals surface area (Å²) in [5.41, 5.74) is 2.72. The van der Waals surface area contributed by atoms with Gasteiger partial charge in [-0.1, -0.05) is 12.1 Å². The van der Waals surface area contributed by atoms with Crippen molar-refractivity contribution in [2.75, 3.05) is 7.05 Å². The largest absolute Gasteiger partial charge is 0.340 e. The average Bonchev–Trinajstić information content (AvgIpc) is 3.13. The number of H-pyrrole nitrogens is 1. The van der Waals surface area contributed by atoms with Crippen LogP contribution in [0.3, 0.4) is 0 Å². The Labute approximate surface area is 105 Å². The molecule has 1 fully saturated rings. The van der Waals surface area contributed by atoms with Gasteiger partial charge < -0.3 is 10.3 Å². The summed E-state index contributed by atoms with van der Waals surface area (Å²) in [5, 5.41) is 3.12. The summed E-state index contributed by atoms with van der Waals surface area (Å²) in [4.78, 5) is 7.83. The molecule has 4 heteroatoms. The van der Waals surface area contributed by atoms with Crippen molar-refractivity contribution in [3.63, 3.8) is 0 Å². The Bertz CT molecular complexity index is 558. The highest BCUT2D eigenvalue weighted by Gasteiger charge is 2.29. The molecule has 1 aromatic heterocycles. The second-order valence-corrected chi connectivity index (χ2v) is 4.73. The molecule has 0 amide bonds. The molecule has 1 saturated carbocycles. The van der Waals surface area contributed by atoms with Crippen molar-refractivity contribution < 1.29 is 4.39 Å². The molecule has 1 heterocycles. The minimum atomic E-state index is -0.232. The maximum Gasteiger partial charge on any atom is 0.140 e. The second kappa shape index (κ2) is 4.53. The normalized spacial score (nSPS) is 15.0. The Morgan fingerprint density at radius 2 is 2.17 bits per heavy atom. The van der Waals surface area contributed by atoms with Crippen LogP contribution in [0.5, 0.6) is 0 Å². The fourth-order valence-corrected chi connectivity index (χ4v) is 2.21. The predicted octanol–water partition coefficient (Wildman–Crippen LogP) is 2.81. The zero-order valence-electron chi connectivity index (χ0n) is 10.3. The van der Waals surface area contributed by atoms with Crippen molar-refractivity contribution in [3.05, 3.63) is 41.5 Å². The van der Waals surface area contributed by atoms with E-state index < -0.39 is 0 Å². The molecule has 0 unspecified atom stereocenters. The maximum atomic E-state index is 13.7. The molecule has 94 valence electrons. The van der Waals surface area contributed by atoms with E-state index in [0.29, 0.717) is 17.3 Å². The fourth-order valence-electron chi connectivity index (χ4n) is 2.21. The van der Waals surface area contributed by atoms with Gasteiger partial charge in [0.25, 0.3) is 0 Å². The van der Waals surface area contributed by atoms with Crippen LogP contribution in [0.1, 0.15) is 30.1 Å². The van der Waals surface area contributed by atoms with Crippen molar-refractivity contribution in [2.24, 2.45) is 0 Å². The standard InChI is InChI=1S/C14H16FN3/c1-16-8-12-13(9-6-7-9)18-14(17-12)10-4-2-3-5-11(10)15/h2-5,9,16H,6-8H2,1H3,(H,17,18). The maximum absolute atomic E-state index is 13.7. The van der Waals surface area contributed by atoms with E-state index in [-0.39, 0.29) is 5.82 Å². The van der Waals surface area contributed by atoms with E-state index in [9.17, 15) is 4.39 Å². The molecule has 3 nitrogen and oxygen atoms in total. The highest BCUT2D eigenvalue weighted by atomic mass is 19.1. The first-order valence-corrected chi connectivity index (χ1v) is 6.28. The van der Waals surface area contributed by atoms with Gasteiger partial charge in [0.05, 0.1) is 17.0 Å². The zero-order chi connectivity index (χ0) is 12.5.